The number of carbonyl (C=O) groups is 2. The van der Waals surface area contributed by atoms with Gasteiger partial charge in [-0.3, -0.25) is 9.59 Å². The summed E-state index contributed by atoms with van der Waals surface area (Å²) < 4.78 is 4.62. The van der Waals surface area contributed by atoms with Crippen molar-refractivity contribution in [2.45, 2.75) is 13.3 Å². The maximum absolute atomic E-state index is 12.0. The summed E-state index contributed by atoms with van der Waals surface area (Å²) in [4.78, 5) is 24.0. The highest BCUT2D eigenvalue weighted by Crippen LogP contribution is 2.17. The zero-order valence-electron chi connectivity index (χ0n) is 9.30. The summed E-state index contributed by atoms with van der Waals surface area (Å²) in [7, 11) is 1.29. The number of esters is 1. The molecule has 4 heteroatoms. The molecule has 86 valence electrons. The summed E-state index contributed by atoms with van der Waals surface area (Å²) in [6.07, 6.45) is 4.19. The second-order valence-electron chi connectivity index (χ2n) is 3.18. The highest BCUT2D eigenvalue weighted by atomic mass is 32.1. The van der Waals surface area contributed by atoms with E-state index < -0.39 is 11.9 Å². The maximum Gasteiger partial charge on any atom is 0.320 e. The molecule has 1 unspecified atom stereocenters. The Morgan fingerprint density at radius 3 is 2.81 bits per heavy atom. The molecule has 0 bridgehead atoms. The van der Waals surface area contributed by atoms with Gasteiger partial charge in [0.25, 0.3) is 0 Å². The Bertz CT molecular complexity index is 379. The second-order valence-corrected chi connectivity index (χ2v) is 4.13. The third-order valence-corrected chi connectivity index (χ3v) is 2.95. The molecule has 1 aromatic rings. The van der Waals surface area contributed by atoms with Crippen molar-refractivity contribution in [2.75, 3.05) is 7.11 Å². The summed E-state index contributed by atoms with van der Waals surface area (Å²) in [5.41, 5.74) is 0. The van der Waals surface area contributed by atoms with Crippen molar-refractivity contribution in [3.63, 3.8) is 0 Å². The lowest BCUT2D eigenvalue weighted by molar-refractivity contribution is -0.142. The predicted octanol–water partition coefficient (Wildman–Crippen LogP) is 2.69. The van der Waals surface area contributed by atoms with E-state index in [4.69, 9.17) is 0 Å². The number of ketones is 1. The summed E-state index contributed by atoms with van der Waals surface area (Å²) in [6.45, 7) is 1.94. The average molecular weight is 238 g/mol. The monoisotopic (exact) mass is 238 g/mol. The minimum Gasteiger partial charge on any atom is -0.468 e. The van der Waals surface area contributed by atoms with E-state index in [0.29, 0.717) is 4.88 Å². The highest BCUT2D eigenvalue weighted by molar-refractivity contribution is 7.12. The van der Waals surface area contributed by atoms with Gasteiger partial charge in [0.1, 0.15) is 5.92 Å². The molecule has 16 heavy (non-hydrogen) atoms. The van der Waals surface area contributed by atoms with Crippen LogP contribution in [0, 0.1) is 5.92 Å². The van der Waals surface area contributed by atoms with Gasteiger partial charge in [-0.1, -0.05) is 25.1 Å². The maximum atomic E-state index is 12.0. The molecular weight excluding hydrogens is 224 g/mol. The number of hydrogen-bond donors (Lipinski definition) is 0. The minimum absolute atomic E-state index is 0.202. The SMILES string of the molecule is CC/C=C\C(C(=O)OC)C(=O)c1cccs1. The van der Waals surface area contributed by atoms with Crippen molar-refractivity contribution < 1.29 is 14.3 Å². The number of allylic oxidation sites excluding steroid dienone is 1. The molecule has 0 spiro atoms. The van der Waals surface area contributed by atoms with Crippen LogP contribution >= 0.6 is 11.3 Å². The van der Waals surface area contributed by atoms with Crippen LogP contribution in [-0.4, -0.2) is 18.9 Å². The van der Waals surface area contributed by atoms with Crippen LogP contribution in [0.25, 0.3) is 0 Å². The molecule has 0 fully saturated rings. The molecule has 0 aliphatic heterocycles. The number of ether oxygens (including phenoxy) is 1. The van der Waals surface area contributed by atoms with E-state index in [1.54, 1.807) is 24.3 Å². The van der Waals surface area contributed by atoms with Crippen LogP contribution < -0.4 is 0 Å². The van der Waals surface area contributed by atoms with E-state index in [2.05, 4.69) is 4.74 Å². The van der Waals surface area contributed by atoms with Gasteiger partial charge in [0, 0.05) is 0 Å². The zero-order chi connectivity index (χ0) is 12.0. The van der Waals surface area contributed by atoms with Crippen LogP contribution in [0.2, 0.25) is 0 Å². The van der Waals surface area contributed by atoms with E-state index in [-0.39, 0.29) is 5.78 Å². The summed E-state index contributed by atoms with van der Waals surface area (Å²) >= 11 is 1.33. The normalized spacial score (nSPS) is 12.6. The minimum atomic E-state index is -0.816. The Morgan fingerprint density at radius 2 is 2.31 bits per heavy atom. The number of hydrogen-bond acceptors (Lipinski definition) is 4. The van der Waals surface area contributed by atoms with E-state index >= 15 is 0 Å². The lowest BCUT2D eigenvalue weighted by Gasteiger charge is -2.07. The molecule has 3 nitrogen and oxygen atoms in total. The molecule has 0 saturated heterocycles. The van der Waals surface area contributed by atoms with Gasteiger partial charge < -0.3 is 4.74 Å². The van der Waals surface area contributed by atoms with Crippen LogP contribution in [0.1, 0.15) is 23.0 Å². The first-order valence-corrected chi connectivity index (χ1v) is 5.90. The molecule has 0 aliphatic carbocycles. The van der Waals surface area contributed by atoms with Crippen LogP contribution in [-0.2, 0) is 9.53 Å². The lowest BCUT2D eigenvalue weighted by Crippen LogP contribution is -2.22. The van der Waals surface area contributed by atoms with Gasteiger partial charge in [-0.2, -0.15) is 0 Å². The largest absolute Gasteiger partial charge is 0.468 e. The predicted molar refractivity (Wildman–Crippen MR) is 63.6 cm³/mol. The van der Waals surface area contributed by atoms with E-state index in [0.717, 1.165) is 6.42 Å². The van der Waals surface area contributed by atoms with Gasteiger partial charge in [0.05, 0.1) is 12.0 Å². The second kappa shape index (κ2) is 6.23. The van der Waals surface area contributed by atoms with Gasteiger partial charge in [0.15, 0.2) is 5.78 Å². The average Bonchev–Trinajstić information content (AvgIpc) is 2.82. The quantitative estimate of drug-likeness (QED) is 0.343. The van der Waals surface area contributed by atoms with Gasteiger partial charge in [-0.25, -0.2) is 0 Å². The third-order valence-electron chi connectivity index (χ3n) is 2.07. The Kier molecular flexibility index (Phi) is 4.92. The van der Waals surface area contributed by atoms with E-state index in [1.807, 2.05) is 12.3 Å². The standard InChI is InChI=1S/C12H14O3S/c1-3-4-6-9(12(14)15-2)11(13)10-7-5-8-16-10/h4-9H,3H2,1-2H3/b6-4-. The van der Waals surface area contributed by atoms with Crippen molar-refractivity contribution in [2.24, 2.45) is 5.92 Å². The fourth-order valence-corrected chi connectivity index (χ4v) is 1.95. The summed E-state index contributed by atoms with van der Waals surface area (Å²) in [6, 6.07) is 3.50. The van der Waals surface area contributed by atoms with Gasteiger partial charge >= 0.3 is 5.97 Å². The molecule has 0 amide bonds. The van der Waals surface area contributed by atoms with Crippen LogP contribution in [0.5, 0.6) is 0 Å². The fourth-order valence-electron chi connectivity index (χ4n) is 1.24. The van der Waals surface area contributed by atoms with Crippen molar-refractivity contribution in [1.29, 1.82) is 0 Å². The van der Waals surface area contributed by atoms with E-state index in [9.17, 15) is 9.59 Å². The zero-order valence-corrected chi connectivity index (χ0v) is 10.1. The lowest BCUT2D eigenvalue weighted by atomic mass is 10.0. The first-order valence-electron chi connectivity index (χ1n) is 5.03. The van der Waals surface area contributed by atoms with Crippen LogP contribution in [0.3, 0.4) is 0 Å². The number of methoxy groups -OCH3 is 1. The molecule has 0 N–H and O–H groups in total. The van der Waals surface area contributed by atoms with Crippen LogP contribution in [0.15, 0.2) is 29.7 Å². The van der Waals surface area contributed by atoms with Crippen molar-refractivity contribution in [3.05, 3.63) is 34.5 Å². The molecule has 0 saturated carbocycles. The molecule has 0 aliphatic rings. The van der Waals surface area contributed by atoms with Crippen molar-refractivity contribution in [3.8, 4) is 0 Å². The number of thiophene rings is 1. The van der Waals surface area contributed by atoms with Crippen molar-refractivity contribution in [1.82, 2.24) is 0 Å². The molecule has 1 heterocycles. The summed E-state index contributed by atoms with van der Waals surface area (Å²) in [5, 5.41) is 1.81. The van der Waals surface area contributed by atoms with Gasteiger partial charge in [0.2, 0.25) is 0 Å². The number of rotatable bonds is 5. The Hall–Kier alpha value is -1.42. The number of carbonyl (C=O) groups excluding carboxylic acids is 2. The molecule has 0 aromatic carbocycles. The third kappa shape index (κ3) is 3.03. The molecule has 1 rings (SSSR count). The van der Waals surface area contributed by atoms with Crippen molar-refractivity contribution >= 4 is 23.1 Å². The number of Topliss-reactive ketones (excluding diaryl/α,β-unsaturated/α-hetero) is 1. The van der Waals surface area contributed by atoms with Gasteiger partial charge in [-0.15, -0.1) is 11.3 Å². The fraction of sp³-hybridized carbons (Fsp3) is 0.333. The first kappa shape index (κ1) is 12.6. The molecule has 0 radical (unpaired) electrons. The van der Waals surface area contributed by atoms with Gasteiger partial charge in [-0.05, 0) is 17.9 Å². The first-order chi connectivity index (χ1) is 7.70. The Morgan fingerprint density at radius 1 is 1.56 bits per heavy atom. The molecular formula is C12H14O3S. The topological polar surface area (TPSA) is 43.4 Å². The highest BCUT2D eigenvalue weighted by Gasteiger charge is 2.26. The smallest absolute Gasteiger partial charge is 0.320 e. The Balaban J connectivity index is 2.88. The van der Waals surface area contributed by atoms with Crippen LogP contribution in [0.4, 0.5) is 0 Å². The Labute approximate surface area is 98.7 Å². The summed E-state index contributed by atoms with van der Waals surface area (Å²) in [5.74, 6) is -1.53. The molecule has 1 atom stereocenters. The molecule has 1 aromatic heterocycles. The van der Waals surface area contributed by atoms with E-state index in [1.165, 1.54) is 18.4 Å².